The zero-order chi connectivity index (χ0) is 18.4. The number of rotatable bonds is 6. The molecular weight excluding hydrogens is 320 g/mol. The van der Waals surface area contributed by atoms with E-state index in [1.54, 1.807) is 4.90 Å². The van der Waals surface area contributed by atoms with E-state index in [1.807, 2.05) is 20.8 Å². The van der Waals surface area contributed by atoms with Crippen LogP contribution in [-0.4, -0.2) is 73.0 Å². The maximum Gasteiger partial charge on any atom is 0.409 e. The number of aliphatic hydroxyl groups is 1. The zero-order valence-corrected chi connectivity index (χ0v) is 15.7. The van der Waals surface area contributed by atoms with Crippen LogP contribution in [0.5, 0.6) is 5.75 Å². The standard InChI is InChI=1S/C19H30N2O4/c1-5-24-19(23)21-8-6-20(7-9-21)12-17(22)13-25-18-15(3)10-14(2)11-16(18)4/h10-11,17,22H,5-9,12-13H2,1-4H3/t17-/m0/s1. The molecule has 1 aromatic rings. The minimum Gasteiger partial charge on any atom is -0.490 e. The van der Waals surface area contributed by atoms with Crippen LogP contribution in [0.2, 0.25) is 0 Å². The molecule has 1 aliphatic heterocycles. The zero-order valence-electron chi connectivity index (χ0n) is 15.7. The van der Waals surface area contributed by atoms with Crippen molar-refractivity contribution in [2.45, 2.75) is 33.8 Å². The van der Waals surface area contributed by atoms with Gasteiger partial charge in [-0.1, -0.05) is 17.7 Å². The van der Waals surface area contributed by atoms with Crippen molar-refractivity contribution >= 4 is 6.09 Å². The van der Waals surface area contributed by atoms with Gasteiger partial charge in [0.15, 0.2) is 0 Å². The highest BCUT2D eigenvalue weighted by Crippen LogP contribution is 2.24. The van der Waals surface area contributed by atoms with Crippen molar-refractivity contribution in [3.05, 3.63) is 28.8 Å². The molecule has 140 valence electrons. The molecule has 0 spiro atoms. The molecule has 6 heteroatoms. The fourth-order valence-electron chi connectivity index (χ4n) is 3.25. The number of β-amino-alcohol motifs (C(OH)–C–C–N with tert-alkyl or cyclic N) is 1. The minimum absolute atomic E-state index is 0.253. The second kappa shape index (κ2) is 9.06. The van der Waals surface area contributed by atoms with Crippen molar-refractivity contribution in [2.24, 2.45) is 0 Å². The van der Waals surface area contributed by atoms with Crippen molar-refractivity contribution in [3.63, 3.8) is 0 Å². The molecule has 1 fully saturated rings. The number of carbonyl (C=O) groups is 1. The third-order valence-corrected chi connectivity index (χ3v) is 4.39. The molecule has 6 nitrogen and oxygen atoms in total. The molecule has 1 atom stereocenters. The Morgan fingerprint density at radius 1 is 1.16 bits per heavy atom. The van der Waals surface area contributed by atoms with E-state index in [9.17, 15) is 9.90 Å². The Labute approximate surface area is 150 Å². The van der Waals surface area contributed by atoms with Crippen LogP contribution in [-0.2, 0) is 4.74 Å². The SMILES string of the molecule is CCOC(=O)N1CCN(C[C@H](O)COc2c(C)cc(C)cc2C)CC1. The third-order valence-electron chi connectivity index (χ3n) is 4.39. The molecule has 25 heavy (non-hydrogen) atoms. The fraction of sp³-hybridized carbons (Fsp3) is 0.632. The minimum atomic E-state index is -0.561. The van der Waals surface area contributed by atoms with Crippen molar-refractivity contribution < 1.29 is 19.4 Å². The van der Waals surface area contributed by atoms with Gasteiger partial charge in [-0.25, -0.2) is 4.79 Å². The smallest absolute Gasteiger partial charge is 0.409 e. The van der Waals surface area contributed by atoms with E-state index in [0.717, 1.165) is 30.0 Å². The summed E-state index contributed by atoms with van der Waals surface area (Å²) in [6.45, 7) is 11.8. The number of hydrogen-bond acceptors (Lipinski definition) is 5. The Balaban J connectivity index is 1.76. The number of amides is 1. The highest BCUT2D eigenvalue weighted by molar-refractivity contribution is 5.67. The Bertz CT molecular complexity index is 560. The van der Waals surface area contributed by atoms with E-state index < -0.39 is 6.10 Å². The van der Waals surface area contributed by atoms with E-state index in [4.69, 9.17) is 9.47 Å². The average molecular weight is 350 g/mol. The molecule has 1 aliphatic rings. The third kappa shape index (κ3) is 5.61. The molecule has 0 aromatic heterocycles. The number of benzene rings is 1. The number of aliphatic hydroxyl groups excluding tert-OH is 1. The summed E-state index contributed by atoms with van der Waals surface area (Å²) in [6, 6.07) is 4.17. The summed E-state index contributed by atoms with van der Waals surface area (Å²) in [5, 5.41) is 10.3. The quantitative estimate of drug-likeness (QED) is 0.852. The molecule has 0 bridgehead atoms. The van der Waals surface area contributed by atoms with Gasteiger partial charge in [0.2, 0.25) is 0 Å². The van der Waals surface area contributed by atoms with Gasteiger partial charge in [-0.2, -0.15) is 0 Å². The number of nitrogens with zero attached hydrogens (tertiary/aromatic N) is 2. The molecule has 0 unspecified atom stereocenters. The Morgan fingerprint density at radius 2 is 1.76 bits per heavy atom. The normalized spacial score (nSPS) is 16.6. The maximum atomic E-state index is 11.7. The first-order valence-corrected chi connectivity index (χ1v) is 8.93. The molecule has 0 radical (unpaired) electrons. The molecule has 0 aliphatic carbocycles. The van der Waals surface area contributed by atoms with Gasteiger partial charge in [-0.3, -0.25) is 4.90 Å². The number of aryl methyl sites for hydroxylation is 3. The van der Waals surface area contributed by atoms with Crippen LogP contribution < -0.4 is 4.74 Å². The van der Waals surface area contributed by atoms with Gasteiger partial charge in [0.1, 0.15) is 18.5 Å². The van der Waals surface area contributed by atoms with Gasteiger partial charge in [0.25, 0.3) is 0 Å². The van der Waals surface area contributed by atoms with Gasteiger partial charge in [0.05, 0.1) is 6.61 Å². The van der Waals surface area contributed by atoms with Crippen LogP contribution in [0.15, 0.2) is 12.1 Å². The van der Waals surface area contributed by atoms with E-state index >= 15 is 0 Å². The van der Waals surface area contributed by atoms with E-state index in [1.165, 1.54) is 5.56 Å². The topological polar surface area (TPSA) is 62.2 Å². The lowest BCUT2D eigenvalue weighted by atomic mass is 10.1. The van der Waals surface area contributed by atoms with Crippen LogP contribution in [0.1, 0.15) is 23.6 Å². The second-order valence-corrected chi connectivity index (χ2v) is 6.68. The van der Waals surface area contributed by atoms with Crippen LogP contribution in [0.3, 0.4) is 0 Å². The Morgan fingerprint density at radius 3 is 2.32 bits per heavy atom. The fourth-order valence-corrected chi connectivity index (χ4v) is 3.25. The van der Waals surface area contributed by atoms with Gasteiger partial charge in [0, 0.05) is 32.7 Å². The second-order valence-electron chi connectivity index (χ2n) is 6.68. The predicted octanol–water partition coefficient (Wildman–Crippen LogP) is 2.13. The predicted molar refractivity (Wildman–Crippen MR) is 97.2 cm³/mol. The summed E-state index contributed by atoms with van der Waals surface area (Å²) in [7, 11) is 0. The molecule has 1 saturated heterocycles. The summed E-state index contributed by atoms with van der Waals surface area (Å²) in [4.78, 5) is 15.6. The molecule has 2 rings (SSSR count). The summed E-state index contributed by atoms with van der Waals surface area (Å²) in [6.07, 6.45) is -0.814. The first-order valence-electron chi connectivity index (χ1n) is 8.93. The molecule has 0 saturated carbocycles. The van der Waals surface area contributed by atoms with Gasteiger partial charge in [-0.15, -0.1) is 0 Å². The van der Waals surface area contributed by atoms with Crippen molar-refractivity contribution in [2.75, 3.05) is 45.9 Å². The van der Waals surface area contributed by atoms with Crippen molar-refractivity contribution in [1.82, 2.24) is 9.80 Å². The first-order chi connectivity index (χ1) is 11.9. The van der Waals surface area contributed by atoms with Crippen molar-refractivity contribution in [3.8, 4) is 5.75 Å². The van der Waals surface area contributed by atoms with Crippen LogP contribution in [0.25, 0.3) is 0 Å². The van der Waals surface area contributed by atoms with E-state index in [-0.39, 0.29) is 12.7 Å². The highest BCUT2D eigenvalue weighted by Gasteiger charge is 2.23. The Hall–Kier alpha value is -1.79. The van der Waals surface area contributed by atoms with E-state index in [0.29, 0.717) is 26.2 Å². The molecule has 1 heterocycles. The monoisotopic (exact) mass is 350 g/mol. The van der Waals surface area contributed by atoms with Crippen LogP contribution in [0.4, 0.5) is 4.79 Å². The lowest BCUT2D eigenvalue weighted by Gasteiger charge is -2.34. The summed E-state index contributed by atoms with van der Waals surface area (Å²) >= 11 is 0. The highest BCUT2D eigenvalue weighted by atomic mass is 16.6. The van der Waals surface area contributed by atoms with E-state index in [2.05, 4.69) is 24.0 Å². The first kappa shape index (κ1) is 19.5. The lowest BCUT2D eigenvalue weighted by molar-refractivity contribution is 0.0405. The number of hydrogen-bond donors (Lipinski definition) is 1. The van der Waals surface area contributed by atoms with Gasteiger partial charge in [-0.05, 0) is 38.8 Å². The average Bonchev–Trinajstić information content (AvgIpc) is 2.54. The lowest BCUT2D eigenvalue weighted by Crippen LogP contribution is -2.51. The summed E-state index contributed by atoms with van der Waals surface area (Å²) in [5.74, 6) is 0.858. The summed E-state index contributed by atoms with van der Waals surface area (Å²) < 4.78 is 10.9. The molecule has 1 amide bonds. The summed E-state index contributed by atoms with van der Waals surface area (Å²) in [5.41, 5.74) is 3.39. The van der Waals surface area contributed by atoms with Crippen LogP contribution in [0, 0.1) is 20.8 Å². The number of piperazine rings is 1. The van der Waals surface area contributed by atoms with Crippen molar-refractivity contribution in [1.29, 1.82) is 0 Å². The van der Waals surface area contributed by atoms with Gasteiger partial charge < -0.3 is 19.5 Å². The largest absolute Gasteiger partial charge is 0.490 e. The van der Waals surface area contributed by atoms with Crippen LogP contribution >= 0.6 is 0 Å². The number of ether oxygens (including phenoxy) is 2. The Kier molecular flexibility index (Phi) is 7.08. The molecule has 1 N–H and O–H groups in total. The molecular formula is C19H30N2O4. The number of carbonyl (C=O) groups excluding carboxylic acids is 1. The van der Waals surface area contributed by atoms with Gasteiger partial charge >= 0.3 is 6.09 Å². The maximum absolute atomic E-state index is 11.7. The molecule has 1 aromatic carbocycles.